The molecule has 2 unspecified atom stereocenters. The van der Waals surface area contributed by atoms with Crippen LogP contribution in [0.15, 0.2) is 46.9 Å². The van der Waals surface area contributed by atoms with Gasteiger partial charge in [0.05, 0.1) is 5.56 Å². The lowest BCUT2D eigenvalue weighted by Crippen LogP contribution is -2.43. The van der Waals surface area contributed by atoms with Gasteiger partial charge in [-0.3, -0.25) is 20.4 Å². The molecule has 2 aromatic rings. The van der Waals surface area contributed by atoms with E-state index >= 15 is 0 Å². The molecule has 2 N–H and O–H groups in total. The van der Waals surface area contributed by atoms with Crippen LogP contribution in [0.5, 0.6) is 5.75 Å². The lowest BCUT2D eigenvalue weighted by molar-refractivity contribution is -0.128. The van der Waals surface area contributed by atoms with Crippen molar-refractivity contribution in [3.8, 4) is 11.8 Å². The molecule has 1 aliphatic rings. The Morgan fingerprint density at radius 3 is 2.81 bits per heavy atom. The van der Waals surface area contributed by atoms with E-state index in [0.717, 1.165) is 12.2 Å². The van der Waals surface area contributed by atoms with Gasteiger partial charge in [0.1, 0.15) is 23.3 Å². The van der Waals surface area contributed by atoms with Gasteiger partial charge in [-0.2, -0.15) is 5.26 Å². The molecule has 1 aromatic heterocycles. The van der Waals surface area contributed by atoms with Crippen LogP contribution >= 0.6 is 0 Å². The Morgan fingerprint density at radius 2 is 2.07 bits per heavy atom. The maximum absolute atomic E-state index is 11.8. The molecule has 3 rings (SSSR count). The second kappa shape index (κ2) is 8.23. The average molecular weight is 365 g/mol. The summed E-state index contributed by atoms with van der Waals surface area (Å²) in [5, 5.41) is 8.96. The van der Waals surface area contributed by atoms with Crippen molar-refractivity contribution in [3.63, 3.8) is 0 Å². The molecule has 0 aliphatic heterocycles. The van der Waals surface area contributed by atoms with Crippen LogP contribution in [0.3, 0.4) is 0 Å². The second-order valence-corrected chi connectivity index (χ2v) is 6.33. The number of amides is 2. The number of nitrogens with one attached hydrogen (secondary N) is 2. The summed E-state index contributed by atoms with van der Waals surface area (Å²) >= 11 is 0. The smallest absolute Gasteiger partial charge is 0.276 e. The van der Waals surface area contributed by atoms with E-state index in [1.165, 1.54) is 12.2 Å². The van der Waals surface area contributed by atoms with Gasteiger partial charge in [-0.15, -0.1) is 0 Å². The summed E-state index contributed by atoms with van der Waals surface area (Å²) in [5.41, 5.74) is 4.82. The Balaban J connectivity index is 1.41. The maximum atomic E-state index is 11.8. The number of hydrogen-bond acceptors (Lipinski definition) is 5. The highest BCUT2D eigenvalue weighted by Gasteiger charge is 2.36. The zero-order valence-electron chi connectivity index (χ0n) is 14.8. The number of benzene rings is 1. The van der Waals surface area contributed by atoms with E-state index in [-0.39, 0.29) is 6.61 Å². The first kappa shape index (κ1) is 18.3. The van der Waals surface area contributed by atoms with Crippen LogP contribution in [0.1, 0.15) is 36.3 Å². The van der Waals surface area contributed by atoms with Crippen molar-refractivity contribution in [2.24, 2.45) is 5.92 Å². The van der Waals surface area contributed by atoms with E-state index in [1.807, 2.05) is 18.2 Å². The zero-order chi connectivity index (χ0) is 19.2. The summed E-state index contributed by atoms with van der Waals surface area (Å²) < 4.78 is 10.9. The minimum Gasteiger partial charge on any atom is -0.482 e. The van der Waals surface area contributed by atoms with E-state index < -0.39 is 11.8 Å². The van der Waals surface area contributed by atoms with Gasteiger partial charge in [0.15, 0.2) is 6.61 Å². The van der Waals surface area contributed by atoms with Gasteiger partial charge in [-0.05, 0) is 42.7 Å². The molecule has 1 aromatic carbocycles. The van der Waals surface area contributed by atoms with Crippen molar-refractivity contribution >= 4 is 17.9 Å². The minimum absolute atomic E-state index is 0.306. The fourth-order valence-electron chi connectivity index (χ4n) is 2.57. The molecular formula is C20H19N3O4. The first-order chi connectivity index (χ1) is 13.1. The van der Waals surface area contributed by atoms with E-state index in [1.54, 1.807) is 24.3 Å². The Labute approximate surface area is 156 Å². The first-order valence-electron chi connectivity index (χ1n) is 8.55. The molecule has 0 radical (unpaired) electrons. The highest BCUT2D eigenvalue weighted by atomic mass is 16.5. The van der Waals surface area contributed by atoms with Crippen molar-refractivity contribution in [1.82, 2.24) is 10.9 Å². The Bertz CT molecular complexity index is 910. The topological polar surface area (TPSA) is 104 Å². The fourth-order valence-corrected chi connectivity index (χ4v) is 2.57. The van der Waals surface area contributed by atoms with Gasteiger partial charge >= 0.3 is 0 Å². The van der Waals surface area contributed by atoms with Crippen LogP contribution in [0.25, 0.3) is 6.08 Å². The summed E-state index contributed by atoms with van der Waals surface area (Å²) in [7, 11) is 0. The SMILES string of the molecule is CC1CC1c1ccc(/C=C/C(=O)NNC(=O)COc2ccccc2C#N)o1. The van der Waals surface area contributed by atoms with Gasteiger partial charge in [-0.1, -0.05) is 19.1 Å². The van der Waals surface area contributed by atoms with Crippen molar-refractivity contribution in [2.45, 2.75) is 19.3 Å². The first-order valence-corrected chi connectivity index (χ1v) is 8.55. The van der Waals surface area contributed by atoms with Gasteiger partial charge in [0.2, 0.25) is 0 Å². The molecule has 0 saturated heterocycles. The molecule has 0 bridgehead atoms. The number of rotatable bonds is 6. The van der Waals surface area contributed by atoms with Crippen LogP contribution < -0.4 is 15.6 Å². The quantitative estimate of drug-likeness (QED) is 0.605. The lowest BCUT2D eigenvalue weighted by Gasteiger charge is -2.08. The van der Waals surface area contributed by atoms with Crippen molar-refractivity contribution in [3.05, 3.63) is 59.6 Å². The minimum atomic E-state index is -0.549. The summed E-state index contributed by atoms with van der Waals surface area (Å²) in [5.74, 6) is 1.90. The number of para-hydroxylation sites is 1. The van der Waals surface area contributed by atoms with E-state index in [4.69, 9.17) is 14.4 Å². The average Bonchev–Trinajstić information content (AvgIpc) is 3.22. The number of nitrogens with zero attached hydrogens (tertiary/aromatic N) is 1. The van der Waals surface area contributed by atoms with E-state index in [9.17, 15) is 9.59 Å². The molecule has 7 nitrogen and oxygen atoms in total. The van der Waals surface area contributed by atoms with Gasteiger partial charge < -0.3 is 9.15 Å². The largest absolute Gasteiger partial charge is 0.482 e. The second-order valence-electron chi connectivity index (χ2n) is 6.33. The highest BCUT2D eigenvalue weighted by molar-refractivity contribution is 5.92. The highest BCUT2D eigenvalue weighted by Crippen LogP contribution is 2.47. The molecule has 2 amide bonds. The fraction of sp³-hybridized carbons (Fsp3) is 0.250. The third-order valence-electron chi connectivity index (χ3n) is 4.21. The van der Waals surface area contributed by atoms with Crippen molar-refractivity contribution < 1.29 is 18.7 Å². The van der Waals surface area contributed by atoms with Gasteiger partial charge in [0.25, 0.3) is 11.8 Å². The van der Waals surface area contributed by atoms with E-state index in [0.29, 0.717) is 28.9 Å². The van der Waals surface area contributed by atoms with Crippen LogP contribution in [0, 0.1) is 17.2 Å². The lowest BCUT2D eigenvalue weighted by atomic mass is 10.2. The standard InChI is InChI=1S/C20H19N3O4/c1-13-10-16(13)18-8-6-15(27-18)7-9-19(24)22-23-20(25)12-26-17-5-3-2-4-14(17)11-21/h2-9,13,16H,10,12H2,1H3,(H,22,24)(H,23,25)/b9-7+. The Morgan fingerprint density at radius 1 is 1.30 bits per heavy atom. The summed E-state index contributed by atoms with van der Waals surface area (Å²) in [6, 6.07) is 12.3. The summed E-state index contributed by atoms with van der Waals surface area (Å²) in [6.45, 7) is 1.84. The Kier molecular flexibility index (Phi) is 5.57. The molecule has 138 valence electrons. The number of hydrazine groups is 1. The maximum Gasteiger partial charge on any atom is 0.276 e. The number of hydrogen-bond donors (Lipinski definition) is 2. The molecule has 1 fully saturated rings. The predicted octanol–water partition coefficient (Wildman–Crippen LogP) is 2.51. The molecule has 1 saturated carbocycles. The van der Waals surface area contributed by atoms with Gasteiger partial charge in [0, 0.05) is 12.0 Å². The third-order valence-corrected chi connectivity index (χ3v) is 4.21. The summed E-state index contributed by atoms with van der Waals surface area (Å²) in [4.78, 5) is 23.5. The number of furan rings is 1. The number of carbonyl (C=O) groups excluding carboxylic acids is 2. The third kappa shape index (κ3) is 4.98. The van der Waals surface area contributed by atoms with Crippen LogP contribution in [-0.2, 0) is 9.59 Å². The molecule has 0 spiro atoms. The molecule has 27 heavy (non-hydrogen) atoms. The van der Waals surface area contributed by atoms with Gasteiger partial charge in [-0.25, -0.2) is 0 Å². The molecule has 2 atom stereocenters. The molecule has 7 heteroatoms. The molecular weight excluding hydrogens is 346 g/mol. The van der Waals surface area contributed by atoms with Crippen molar-refractivity contribution in [2.75, 3.05) is 6.61 Å². The van der Waals surface area contributed by atoms with Crippen LogP contribution in [-0.4, -0.2) is 18.4 Å². The van der Waals surface area contributed by atoms with Crippen LogP contribution in [0.4, 0.5) is 0 Å². The predicted molar refractivity (Wildman–Crippen MR) is 97.2 cm³/mol. The molecule has 1 heterocycles. The van der Waals surface area contributed by atoms with E-state index in [2.05, 4.69) is 17.8 Å². The Hall–Kier alpha value is -3.53. The number of ether oxygens (including phenoxy) is 1. The summed E-state index contributed by atoms with van der Waals surface area (Å²) in [6.07, 6.45) is 3.94. The zero-order valence-corrected chi connectivity index (χ0v) is 14.8. The van der Waals surface area contributed by atoms with Crippen LogP contribution in [0.2, 0.25) is 0 Å². The van der Waals surface area contributed by atoms with Crippen molar-refractivity contribution in [1.29, 1.82) is 5.26 Å². The monoisotopic (exact) mass is 365 g/mol. The number of carbonyl (C=O) groups is 2. The normalized spacial score (nSPS) is 17.9. The molecule has 1 aliphatic carbocycles. The number of nitriles is 1.